The summed E-state index contributed by atoms with van der Waals surface area (Å²) in [5.74, 6) is 2.58. The van der Waals surface area contributed by atoms with Crippen LogP contribution in [0.4, 0.5) is 0 Å². The number of nitrogens with zero attached hydrogens (tertiary/aromatic N) is 1. The maximum Gasteiger partial charge on any atom is 0.251 e. The van der Waals surface area contributed by atoms with E-state index in [1.54, 1.807) is 28.4 Å². The zero-order valence-corrected chi connectivity index (χ0v) is 22.2. The van der Waals surface area contributed by atoms with Gasteiger partial charge in [-0.15, -0.1) is 0 Å². The Morgan fingerprint density at radius 3 is 1.95 bits per heavy atom. The van der Waals surface area contributed by atoms with E-state index in [4.69, 9.17) is 18.9 Å². The molecule has 7 nitrogen and oxygen atoms in total. The fourth-order valence-corrected chi connectivity index (χ4v) is 6.31. The number of nitrogens with one attached hydrogen (secondary N) is 1. The van der Waals surface area contributed by atoms with Crippen molar-refractivity contribution in [2.75, 3.05) is 35.0 Å². The van der Waals surface area contributed by atoms with Crippen molar-refractivity contribution < 1.29 is 23.7 Å². The normalized spacial score (nSPS) is 18.6. The fourth-order valence-electron chi connectivity index (χ4n) is 6.31. The second kappa shape index (κ2) is 9.72. The molecular formula is C31H32N2O5. The second-order valence-electron chi connectivity index (χ2n) is 9.89. The van der Waals surface area contributed by atoms with E-state index in [1.165, 1.54) is 5.56 Å². The summed E-state index contributed by atoms with van der Waals surface area (Å²) in [5, 5.41) is 7.62. The Labute approximate surface area is 222 Å². The van der Waals surface area contributed by atoms with Crippen LogP contribution in [-0.4, -0.2) is 51.8 Å². The summed E-state index contributed by atoms with van der Waals surface area (Å²) in [6.07, 6.45) is 2.12. The lowest BCUT2D eigenvalue weighted by atomic mass is 9.81. The first-order chi connectivity index (χ1) is 18.6. The molecule has 38 heavy (non-hydrogen) atoms. The molecule has 0 spiro atoms. The third-order valence-corrected chi connectivity index (χ3v) is 8.07. The summed E-state index contributed by atoms with van der Waals surface area (Å²) in [7, 11) is 6.61. The van der Waals surface area contributed by atoms with Crippen LogP contribution in [0.15, 0.2) is 54.6 Å². The lowest BCUT2D eigenvalue weighted by Crippen LogP contribution is -2.46. The molecular weight excluding hydrogens is 480 g/mol. The van der Waals surface area contributed by atoms with Gasteiger partial charge < -0.3 is 24.3 Å². The van der Waals surface area contributed by atoms with Crippen molar-refractivity contribution in [2.24, 2.45) is 0 Å². The molecule has 0 aromatic heterocycles. The molecule has 1 amide bonds. The first kappa shape index (κ1) is 24.4. The molecule has 0 radical (unpaired) electrons. The number of benzene rings is 4. The Kier molecular flexibility index (Phi) is 6.24. The van der Waals surface area contributed by atoms with Crippen LogP contribution in [0, 0.1) is 0 Å². The summed E-state index contributed by atoms with van der Waals surface area (Å²) in [6, 6.07) is 17.6. The molecule has 2 aliphatic heterocycles. The summed E-state index contributed by atoms with van der Waals surface area (Å²) >= 11 is 0. The molecule has 0 bridgehead atoms. The zero-order valence-electron chi connectivity index (χ0n) is 22.2. The second-order valence-corrected chi connectivity index (χ2v) is 9.89. The number of methoxy groups -OCH3 is 4. The highest BCUT2D eigenvalue weighted by Crippen LogP contribution is 2.49. The molecule has 2 heterocycles. The number of fused-ring (bicyclic) bond motifs is 7. The molecule has 7 heteroatoms. The van der Waals surface area contributed by atoms with Gasteiger partial charge in [0.15, 0.2) is 23.0 Å². The lowest BCUT2D eigenvalue weighted by molar-refractivity contribution is 0.0892. The summed E-state index contributed by atoms with van der Waals surface area (Å²) in [5.41, 5.74) is 2.98. The minimum absolute atomic E-state index is 0.0728. The number of hydrogen-bond acceptors (Lipinski definition) is 6. The summed E-state index contributed by atoms with van der Waals surface area (Å²) in [6.45, 7) is 1.80. The predicted molar refractivity (Wildman–Crippen MR) is 148 cm³/mol. The monoisotopic (exact) mass is 512 g/mol. The van der Waals surface area contributed by atoms with E-state index in [2.05, 4.69) is 22.3 Å². The van der Waals surface area contributed by atoms with Crippen molar-refractivity contribution in [3.05, 3.63) is 71.3 Å². The van der Waals surface area contributed by atoms with Gasteiger partial charge in [0.25, 0.3) is 5.91 Å². The molecule has 4 aromatic carbocycles. The minimum atomic E-state index is -0.188. The number of carbonyl (C=O) groups excluding carboxylic acids is 1. The maximum absolute atomic E-state index is 13.5. The van der Waals surface area contributed by atoms with E-state index in [0.29, 0.717) is 28.6 Å². The van der Waals surface area contributed by atoms with Gasteiger partial charge in [-0.1, -0.05) is 18.2 Å². The van der Waals surface area contributed by atoms with Crippen molar-refractivity contribution in [3.63, 3.8) is 0 Å². The topological polar surface area (TPSA) is 69.3 Å². The highest BCUT2D eigenvalue weighted by Gasteiger charge is 2.41. The Morgan fingerprint density at radius 2 is 1.34 bits per heavy atom. The molecule has 2 aliphatic rings. The van der Waals surface area contributed by atoms with Crippen LogP contribution in [0.1, 0.15) is 40.4 Å². The number of ether oxygens (including phenoxy) is 4. The van der Waals surface area contributed by atoms with Crippen molar-refractivity contribution in [1.82, 2.24) is 10.2 Å². The lowest BCUT2D eigenvalue weighted by Gasteiger charge is -2.40. The standard InChI is InChI=1S/C31H32N2O5/c1-35-25-13-19-20-14-26(36-2)28(38-4)16-22(20)29-23(21(19)15-27(25)37-3)17-33-12-8-11-24(33)30(29)32-31(34)18-9-6-5-7-10-18/h5-7,9-10,13-16,24,30H,8,11-12,17H2,1-4H3,(H,32,34). The van der Waals surface area contributed by atoms with Crippen LogP contribution in [0.3, 0.4) is 0 Å². The Morgan fingerprint density at radius 1 is 0.789 bits per heavy atom. The Balaban J connectivity index is 1.67. The Hall–Kier alpha value is -3.97. The molecule has 2 unspecified atom stereocenters. The number of carbonyl (C=O) groups is 1. The van der Waals surface area contributed by atoms with Gasteiger partial charge in [-0.2, -0.15) is 0 Å². The number of rotatable bonds is 6. The molecule has 1 N–H and O–H groups in total. The van der Waals surface area contributed by atoms with E-state index >= 15 is 0 Å². The van der Waals surface area contributed by atoms with Gasteiger partial charge in [-0.25, -0.2) is 0 Å². The van der Waals surface area contributed by atoms with E-state index in [1.807, 2.05) is 42.5 Å². The smallest absolute Gasteiger partial charge is 0.251 e. The van der Waals surface area contributed by atoms with E-state index in [-0.39, 0.29) is 18.0 Å². The molecule has 1 fully saturated rings. The average Bonchev–Trinajstić information content (AvgIpc) is 3.44. The first-order valence-corrected chi connectivity index (χ1v) is 12.9. The molecule has 4 aromatic rings. The minimum Gasteiger partial charge on any atom is -0.493 e. The van der Waals surface area contributed by atoms with Crippen LogP contribution in [0.5, 0.6) is 23.0 Å². The highest BCUT2D eigenvalue weighted by molar-refractivity contribution is 6.13. The largest absolute Gasteiger partial charge is 0.493 e. The molecule has 1 saturated heterocycles. The molecule has 0 saturated carbocycles. The van der Waals surface area contributed by atoms with Gasteiger partial charge in [-0.3, -0.25) is 9.69 Å². The summed E-state index contributed by atoms with van der Waals surface area (Å²) in [4.78, 5) is 16.0. The van der Waals surface area contributed by atoms with Crippen LogP contribution in [0.2, 0.25) is 0 Å². The fraction of sp³-hybridized carbons (Fsp3) is 0.323. The first-order valence-electron chi connectivity index (χ1n) is 12.9. The van der Waals surface area contributed by atoms with Gasteiger partial charge in [0.05, 0.1) is 34.5 Å². The zero-order chi connectivity index (χ0) is 26.4. The van der Waals surface area contributed by atoms with Gasteiger partial charge in [0.2, 0.25) is 0 Å². The van der Waals surface area contributed by atoms with Gasteiger partial charge in [0.1, 0.15) is 0 Å². The van der Waals surface area contributed by atoms with Crippen LogP contribution < -0.4 is 24.3 Å². The summed E-state index contributed by atoms with van der Waals surface area (Å²) < 4.78 is 22.8. The van der Waals surface area contributed by atoms with Gasteiger partial charge >= 0.3 is 0 Å². The van der Waals surface area contributed by atoms with Crippen molar-refractivity contribution in [2.45, 2.75) is 31.5 Å². The van der Waals surface area contributed by atoms with Crippen molar-refractivity contribution in [3.8, 4) is 23.0 Å². The quantitative estimate of drug-likeness (QED) is 0.345. The molecule has 0 aliphatic carbocycles. The van der Waals surface area contributed by atoms with E-state index in [9.17, 15) is 4.79 Å². The maximum atomic E-state index is 13.5. The van der Waals surface area contributed by atoms with Crippen molar-refractivity contribution in [1.29, 1.82) is 0 Å². The Bertz CT molecular complexity index is 1530. The molecule has 6 rings (SSSR count). The third kappa shape index (κ3) is 3.80. The molecule has 196 valence electrons. The van der Waals surface area contributed by atoms with Crippen molar-refractivity contribution >= 4 is 27.5 Å². The van der Waals surface area contributed by atoms with Gasteiger partial charge in [0, 0.05) is 18.2 Å². The SMILES string of the molecule is COc1cc2c3c(c4cc(OC)c(OC)cc4c2cc1OC)C(NC(=O)c1ccccc1)C1CCCN1C3. The van der Waals surface area contributed by atoms with E-state index < -0.39 is 0 Å². The van der Waals surface area contributed by atoms with E-state index in [0.717, 1.165) is 53.0 Å². The average molecular weight is 513 g/mol. The van der Waals surface area contributed by atoms with Gasteiger partial charge in [-0.05, 0) is 88.5 Å². The number of hydrogen-bond donors (Lipinski definition) is 1. The highest BCUT2D eigenvalue weighted by atomic mass is 16.5. The number of amides is 1. The van der Waals surface area contributed by atoms with Crippen LogP contribution in [0.25, 0.3) is 21.5 Å². The predicted octanol–water partition coefficient (Wildman–Crippen LogP) is 5.48. The van der Waals surface area contributed by atoms with Crippen LogP contribution >= 0.6 is 0 Å². The third-order valence-electron chi connectivity index (χ3n) is 8.07. The van der Waals surface area contributed by atoms with Crippen LogP contribution in [-0.2, 0) is 6.54 Å². The molecule has 2 atom stereocenters.